The van der Waals surface area contributed by atoms with Gasteiger partial charge in [-0.2, -0.15) is 4.57 Å². The summed E-state index contributed by atoms with van der Waals surface area (Å²) in [5.74, 6) is 0. The van der Waals surface area contributed by atoms with Crippen LogP contribution in [0.5, 0.6) is 0 Å². The second kappa shape index (κ2) is 3.32. The molecule has 1 N–H and O–H groups in total. The van der Waals surface area contributed by atoms with Crippen LogP contribution in [0, 0.1) is 0 Å². The first-order valence-corrected chi connectivity index (χ1v) is 5.04. The number of thiazole rings is 1. The van der Waals surface area contributed by atoms with Gasteiger partial charge in [-0.3, -0.25) is 0 Å². The summed E-state index contributed by atoms with van der Waals surface area (Å²) in [6.45, 7) is 2.35. The van der Waals surface area contributed by atoms with Crippen molar-refractivity contribution in [3.8, 4) is 0 Å². The van der Waals surface area contributed by atoms with E-state index in [2.05, 4.69) is 27.0 Å². The Bertz CT molecular complexity index is 202. The van der Waals surface area contributed by atoms with E-state index in [1.54, 1.807) is 11.3 Å². The molecule has 11 heavy (non-hydrogen) atoms. The van der Waals surface area contributed by atoms with E-state index in [9.17, 15) is 0 Å². The monoisotopic (exact) mass is 169 g/mol. The Morgan fingerprint density at radius 3 is 3.27 bits per heavy atom. The molecular formula is C8H13N2S+. The molecule has 2 rings (SSSR count). The maximum Gasteiger partial charge on any atom is 0.224 e. The van der Waals surface area contributed by atoms with E-state index in [0.717, 1.165) is 12.6 Å². The van der Waals surface area contributed by atoms with Gasteiger partial charge in [-0.15, -0.1) is 0 Å². The van der Waals surface area contributed by atoms with E-state index >= 15 is 0 Å². The third kappa shape index (κ3) is 1.79. The van der Waals surface area contributed by atoms with Gasteiger partial charge >= 0.3 is 0 Å². The molecule has 1 aromatic heterocycles. The summed E-state index contributed by atoms with van der Waals surface area (Å²) in [6, 6.07) is 0.717. The number of hydrogen-bond acceptors (Lipinski definition) is 2. The van der Waals surface area contributed by atoms with Crippen LogP contribution in [0.2, 0.25) is 0 Å². The molecule has 0 radical (unpaired) electrons. The van der Waals surface area contributed by atoms with Crippen LogP contribution in [-0.2, 0) is 6.54 Å². The summed E-state index contributed by atoms with van der Waals surface area (Å²) in [5, 5.41) is 5.60. The first-order valence-electron chi connectivity index (χ1n) is 4.10. The Kier molecular flexibility index (Phi) is 2.19. The van der Waals surface area contributed by atoms with Crippen molar-refractivity contribution < 1.29 is 4.57 Å². The van der Waals surface area contributed by atoms with Crippen LogP contribution >= 0.6 is 11.3 Å². The molecule has 0 amide bonds. The van der Waals surface area contributed by atoms with Gasteiger partial charge in [0, 0.05) is 0 Å². The molecule has 1 saturated heterocycles. The molecule has 0 unspecified atom stereocenters. The highest BCUT2D eigenvalue weighted by molar-refractivity contribution is 7.07. The average Bonchev–Trinajstić information content (AvgIpc) is 2.60. The van der Waals surface area contributed by atoms with Crippen LogP contribution in [-0.4, -0.2) is 12.6 Å². The fraction of sp³-hybridized carbons (Fsp3) is 0.625. The van der Waals surface area contributed by atoms with Crippen molar-refractivity contribution in [3.05, 3.63) is 17.1 Å². The van der Waals surface area contributed by atoms with Gasteiger partial charge in [-0.1, -0.05) is 11.3 Å². The van der Waals surface area contributed by atoms with Gasteiger partial charge < -0.3 is 5.32 Å². The van der Waals surface area contributed by atoms with E-state index in [1.807, 2.05) is 0 Å². The van der Waals surface area contributed by atoms with E-state index < -0.39 is 0 Å². The molecule has 0 aromatic carbocycles. The molecule has 1 aliphatic rings. The zero-order chi connectivity index (χ0) is 7.52. The van der Waals surface area contributed by atoms with Crippen LogP contribution in [0.1, 0.15) is 12.8 Å². The van der Waals surface area contributed by atoms with Crippen molar-refractivity contribution in [1.29, 1.82) is 0 Å². The number of nitrogens with zero attached hydrogens (tertiary/aromatic N) is 1. The first-order chi connectivity index (χ1) is 5.45. The molecule has 0 bridgehead atoms. The summed E-state index contributed by atoms with van der Waals surface area (Å²) in [6.07, 6.45) is 4.82. The number of nitrogens with one attached hydrogen (secondary N) is 1. The summed E-state index contributed by atoms with van der Waals surface area (Å²) < 4.78 is 2.26. The smallest absolute Gasteiger partial charge is 0.224 e. The van der Waals surface area contributed by atoms with Crippen LogP contribution in [0.15, 0.2) is 17.1 Å². The minimum atomic E-state index is 0.717. The Balaban J connectivity index is 1.90. The van der Waals surface area contributed by atoms with Crippen molar-refractivity contribution in [1.82, 2.24) is 5.32 Å². The minimum absolute atomic E-state index is 0.717. The first kappa shape index (κ1) is 7.25. The van der Waals surface area contributed by atoms with Crippen LogP contribution in [0.4, 0.5) is 0 Å². The van der Waals surface area contributed by atoms with Crippen LogP contribution in [0.3, 0.4) is 0 Å². The SMILES string of the molecule is c1c[n+](C[C@@H]2CCCN2)cs1. The Labute approximate surface area is 70.9 Å². The summed E-state index contributed by atoms with van der Waals surface area (Å²) in [5.41, 5.74) is 2.17. The quantitative estimate of drug-likeness (QED) is 0.647. The average molecular weight is 169 g/mol. The zero-order valence-electron chi connectivity index (χ0n) is 6.49. The molecule has 3 heteroatoms. The highest BCUT2D eigenvalue weighted by atomic mass is 32.1. The normalized spacial score (nSPS) is 24.2. The van der Waals surface area contributed by atoms with Gasteiger partial charge in [0.15, 0.2) is 12.7 Å². The van der Waals surface area contributed by atoms with Crippen molar-refractivity contribution >= 4 is 11.3 Å². The lowest BCUT2D eigenvalue weighted by molar-refractivity contribution is -0.694. The second-order valence-corrected chi connectivity index (χ2v) is 3.77. The lowest BCUT2D eigenvalue weighted by atomic mass is 10.2. The molecule has 0 aliphatic carbocycles. The second-order valence-electron chi connectivity index (χ2n) is 3.02. The molecule has 2 heterocycles. The van der Waals surface area contributed by atoms with Crippen molar-refractivity contribution in [2.24, 2.45) is 0 Å². The maximum atomic E-state index is 3.48. The predicted molar refractivity (Wildman–Crippen MR) is 45.5 cm³/mol. The third-order valence-corrected chi connectivity index (χ3v) is 2.79. The van der Waals surface area contributed by atoms with Crippen LogP contribution in [0.25, 0.3) is 0 Å². The summed E-state index contributed by atoms with van der Waals surface area (Å²) in [4.78, 5) is 0. The van der Waals surface area contributed by atoms with Gasteiger partial charge in [-0.25, -0.2) is 0 Å². The molecule has 1 fully saturated rings. The molecule has 2 nitrogen and oxygen atoms in total. The van der Waals surface area contributed by atoms with Crippen LogP contribution < -0.4 is 9.88 Å². The molecule has 1 aliphatic heterocycles. The van der Waals surface area contributed by atoms with Gasteiger partial charge in [0.2, 0.25) is 5.51 Å². The van der Waals surface area contributed by atoms with Crippen molar-refractivity contribution in [3.63, 3.8) is 0 Å². The van der Waals surface area contributed by atoms with E-state index in [1.165, 1.54) is 19.4 Å². The molecule has 0 spiro atoms. The Hall–Kier alpha value is -0.410. The van der Waals surface area contributed by atoms with Gasteiger partial charge in [0.05, 0.1) is 11.4 Å². The van der Waals surface area contributed by atoms with E-state index in [-0.39, 0.29) is 0 Å². The van der Waals surface area contributed by atoms with Crippen molar-refractivity contribution in [2.75, 3.05) is 6.54 Å². The molecule has 60 valence electrons. The standard InChI is InChI=1S/C8H13N2S/c1-2-8(9-3-1)6-10-4-5-11-7-10/h4-5,7-9H,1-3,6H2/q+1/t8-/m0/s1. The van der Waals surface area contributed by atoms with E-state index in [4.69, 9.17) is 0 Å². The lowest BCUT2D eigenvalue weighted by Gasteiger charge is -2.02. The Morgan fingerprint density at radius 2 is 2.64 bits per heavy atom. The van der Waals surface area contributed by atoms with E-state index in [0.29, 0.717) is 0 Å². The predicted octanol–water partition coefficient (Wildman–Crippen LogP) is 0.788. The topological polar surface area (TPSA) is 15.9 Å². The molecule has 1 aromatic rings. The molecule has 0 saturated carbocycles. The van der Waals surface area contributed by atoms with Gasteiger partial charge in [-0.05, 0) is 19.4 Å². The Morgan fingerprint density at radius 1 is 1.64 bits per heavy atom. The molecular weight excluding hydrogens is 156 g/mol. The minimum Gasteiger partial charge on any atom is -0.308 e. The van der Waals surface area contributed by atoms with Crippen molar-refractivity contribution in [2.45, 2.75) is 25.4 Å². The van der Waals surface area contributed by atoms with Gasteiger partial charge in [0.25, 0.3) is 0 Å². The maximum absolute atomic E-state index is 3.48. The number of hydrogen-bond donors (Lipinski definition) is 1. The highest BCUT2D eigenvalue weighted by Crippen LogP contribution is 2.04. The number of rotatable bonds is 2. The largest absolute Gasteiger partial charge is 0.308 e. The van der Waals surface area contributed by atoms with Gasteiger partial charge in [0.1, 0.15) is 0 Å². The zero-order valence-corrected chi connectivity index (χ0v) is 7.31. The summed E-state index contributed by atoms with van der Waals surface area (Å²) >= 11 is 1.76. The summed E-state index contributed by atoms with van der Waals surface area (Å²) in [7, 11) is 0. The molecule has 1 atom stereocenters. The number of aromatic nitrogens is 1. The fourth-order valence-electron chi connectivity index (χ4n) is 1.53. The third-order valence-electron chi connectivity index (χ3n) is 2.12. The lowest BCUT2D eigenvalue weighted by Crippen LogP contribution is -2.41. The fourth-order valence-corrected chi connectivity index (χ4v) is 2.14. The highest BCUT2D eigenvalue weighted by Gasteiger charge is 2.17.